The normalized spacial score (nSPS) is 15.0. The summed E-state index contributed by atoms with van der Waals surface area (Å²) in [5.41, 5.74) is 9.66. The number of fused-ring (bicyclic) bond motifs is 1. The van der Waals surface area contributed by atoms with Crippen molar-refractivity contribution in [1.82, 2.24) is 25.2 Å². The fraction of sp³-hybridized carbons (Fsp3) is 0.682. The van der Waals surface area contributed by atoms with Crippen molar-refractivity contribution in [1.29, 1.82) is 0 Å². The number of hydrogen-bond donors (Lipinski definition) is 5. The molecule has 2 aromatic carbocycles. The summed E-state index contributed by atoms with van der Waals surface area (Å²) in [6, 6.07) is 11.4. The molecule has 20 heteroatoms. The van der Waals surface area contributed by atoms with Crippen LogP contribution in [0, 0.1) is 6.92 Å². The highest BCUT2D eigenvalue weighted by atomic mass is 35.5. The minimum atomic E-state index is -3.51. The molecule has 0 aromatic heterocycles. The third-order valence-electron chi connectivity index (χ3n) is 9.69. The summed E-state index contributed by atoms with van der Waals surface area (Å²) in [6.07, 6.45) is 0.930. The molecule has 1 aliphatic heterocycles. The summed E-state index contributed by atoms with van der Waals surface area (Å²) in [5, 5.41) is 6.39. The van der Waals surface area contributed by atoms with Gasteiger partial charge in [-0.2, -0.15) is 4.55 Å². The number of benzene rings is 2. The zero-order valence-corrected chi connectivity index (χ0v) is 39.7. The van der Waals surface area contributed by atoms with Crippen LogP contribution in [0.4, 0.5) is 0 Å². The molecule has 3 rings (SSSR count). The van der Waals surface area contributed by atoms with Crippen molar-refractivity contribution in [2.75, 3.05) is 165 Å². The van der Waals surface area contributed by atoms with E-state index < -0.39 is 10.4 Å². The average Bonchev–Trinajstić information content (AvgIpc) is 3.26. The molecule has 2 atom stereocenters. The number of halogens is 1. The number of nitrogens with one attached hydrogen (secondary N) is 3. The highest BCUT2D eigenvalue weighted by Crippen LogP contribution is 2.38. The van der Waals surface area contributed by atoms with Gasteiger partial charge >= 0.3 is 10.4 Å². The summed E-state index contributed by atoms with van der Waals surface area (Å²) in [7, 11) is -1.46. The first-order valence-electron chi connectivity index (χ1n) is 22.2. The number of nitrogens with zero attached hydrogens (tertiary/aromatic N) is 2. The van der Waals surface area contributed by atoms with Gasteiger partial charge in [0.25, 0.3) is 0 Å². The van der Waals surface area contributed by atoms with Crippen molar-refractivity contribution >= 4 is 33.8 Å². The van der Waals surface area contributed by atoms with Gasteiger partial charge in [0.2, 0.25) is 16.7 Å². The van der Waals surface area contributed by atoms with Crippen LogP contribution in [0.1, 0.15) is 41.5 Å². The van der Waals surface area contributed by atoms with E-state index in [9.17, 15) is 18.4 Å². The molecule has 0 spiro atoms. The number of hydrogen-bond acceptors (Lipinski definition) is 14. The number of carbonyl (C=O) groups is 2. The minimum Gasteiger partial charge on any atom is -0.379 e. The molecule has 18 nitrogen and oxygen atoms in total. The molecule has 0 fully saturated rings. The zero-order valence-electron chi connectivity index (χ0n) is 38.1. The van der Waals surface area contributed by atoms with Crippen molar-refractivity contribution in [3.63, 3.8) is 0 Å². The summed E-state index contributed by atoms with van der Waals surface area (Å²) < 4.78 is 70.9. The Morgan fingerprint density at radius 2 is 1.28 bits per heavy atom. The Morgan fingerprint density at radius 3 is 1.84 bits per heavy atom. The Morgan fingerprint density at radius 1 is 0.766 bits per heavy atom. The van der Waals surface area contributed by atoms with E-state index in [1.807, 2.05) is 32.0 Å². The SMILES string of the molecule is CCCOCCOCCN(CC(=O)NCCOCCOCCOCCN)CC(=O)NCCOCCOCCOCCN[S+](=O)(O)c1cccc([C@@H]2CN(C)Cc3c(Cl)cc(C)cc32)c1. The molecule has 0 bridgehead atoms. The second-order valence-electron chi connectivity index (χ2n) is 15.2. The van der Waals surface area contributed by atoms with Crippen LogP contribution in [-0.2, 0) is 68.6 Å². The molecule has 364 valence electrons. The Bertz CT molecular complexity index is 1650. The molecular weight excluding hydrogens is 872 g/mol. The number of likely N-dealkylation sites (N-methyl/N-ethyl adjacent to an activating group) is 1. The van der Waals surface area contributed by atoms with E-state index in [4.69, 9.17) is 55.2 Å². The summed E-state index contributed by atoms with van der Waals surface area (Å²) in [4.78, 5) is 29.6. The van der Waals surface area contributed by atoms with Gasteiger partial charge in [-0.05, 0) is 59.0 Å². The van der Waals surface area contributed by atoms with Crippen LogP contribution in [0.3, 0.4) is 0 Å². The quantitative estimate of drug-likeness (QED) is 0.0482. The van der Waals surface area contributed by atoms with Crippen LogP contribution in [0.25, 0.3) is 0 Å². The lowest BCUT2D eigenvalue weighted by Gasteiger charge is -2.33. The predicted molar refractivity (Wildman–Crippen MR) is 246 cm³/mol. The number of aryl methyl sites for hydroxylation is 1. The van der Waals surface area contributed by atoms with E-state index in [1.165, 1.54) is 0 Å². The minimum absolute atomic E-state index is 0.0108. The number of rotatable bonds is 38. The molecule has 2 aromatic rings. The fourth-order valence-corrected chi connectivity index (χ4v) is 8.06. The van der Waals surface area contributed by atoms with Crippen LogP contribution in [0.5, 0.6) is 0 Å². The molecule has 1 aliphatic rings. The first kappa shape index (κ1) is 55.6. The third kappa shape index (κ3) is 23.7. The van der Waals surface area contributed by atoms with Crippen molar-refractivity contribution < 1.29 is 56.2 Å². The van der Waals surface area contributed by atoms with E-state index in [2.05, 4.69) is 33.4 Å². The highest BCUT2D eigenvalue weighted by Gasteiger charge is 2.32. The second kappa shape index (κ2) is 33.7. The summed E-state index contributed by atoms with van der Waals surface area (Å²) in [5.74, 6) is -0.449. The molecule has 1 heterocycles. The van der Waals surface area contributed by atoms with Gasteiger partial charge in [0.1, 0.15) is 0 Å². The molecule has 0 saturated heterocycles. The van der Waals surface area contributed by atoms with Crippen LogP contribution in [0.2, 0.25) is 5.02 Å². The maximum absolute atomic E-state index is 13.3. The van der Waals surface area contributed by atoms with Gasteiger partial charge in [-0.3, -0.25) is 14.5 Å². The van der Waals surface area contributed by atoms with E-state index >= 15 is 0 Å². The van der Waals surface area contributed by atoms with E-state index in [1.54, 1.807) is 17.0 Å². The molecule has 1 unspecified atom stereocenters. The van der Waals surface area contributed by atoms with E-state index in [0.717, 1.165) is 46.8 Å². The van der Waals surface area contributed by atoms with Crippen molar-refractivity contribution in [3.8, 4) is 0 Å². The Balaban J connectivity index is 1.24. The van der Waals surface area contributed by atoms with Gasteiger partial charge in [-0.25, -0.2) is 0 Å². The Labute approximate surface area is 386 Å². The molecule has 0 saturated carbocycles. The van der Waals surface area contributed by atoms with Crippen LogP contribution < -0.4 is 21.1 Å². The molecule has 2 amide bonds. The zero-order chi connectivity index (χ0) is 46.3. The monoisotopic (exact) mass is 945 g/mol. The molecular formula is C44H74ClN6O12S+. The highest BCUT2D eigenvalue weighted by molar-refractivity contribution is 7.95. The molecule has 0 radical (unpaired) electrons. The van der Waals surface area contributed by atoms with Gasteiger partial charge < -0.3 is 59.2 Å². The summed E-state index contributed by atoms with van der Waals surface area (Å²) in [6.45, 7) is 13.6. The van der Waals surface area contributed by atoms with Crippen LogP contribution in [0.15, 0.2) is 41.3 Å². The largest absolute Gasteiger partial charge is 0.379 e. The maximum Gasteiger partial charge on any atom is 0.323 e. The van der Waals surface area contributed by atoms with Gasteiger partial charge in [-0.1, -0.05) is 36.7 Å². The first-order valence-corrected chi connectivity index (χ1v) is 24.1. The lowest BCUT2D eigenvalue weighted by Crippen LogP contribution is -2.45. The maximum atomic E-state index is 13.3. The number of amides is 2. The van der Waals surface area contributed by atoms with Crippen molar-refractivity contribution in [2.24, 2.45) is 5.73 Å². The number of carbonyl (C=O) groups excluding carboxylic acids is 2. The van der Waals surface area contributed by atoms with Crippen LogP contribution >= 0.6 is 11.6 Å². The Kier molecular flexibility index (Phi) is 29.3. The topological polar surface area (TPSA) is 214 Å². The lowest BCUT2D eigenvalue weighted by molar-refractivity contribution is -0.125. The number of nitrogens with two attached hydrogens (primary N) is 1. The predicted octanol–water partition coefficient (Wildman–Crippen LogP) is 2.10. The molecule has 64 heavy (non-hydrogen) atoms. The number of ether oxygens (including phenoxy) is 8. The van der Waals surface area contributed by atoms with Gasteiger partial charge in [0, 0.05) is 62.9 Å². The van der Waals surface area contributed by atoms with Crippen LogP contribution in [-0.4, -0.2) is 191 Å². The average molecular weight is 947 g/mol. The second-order valence-corrected chi connectivity index (χ2v) is 17.4. The lowest BCUT2D eigenvalue weighted by atomic mass is 9.84. The van der Waals surface area contributed by atoms with E-state index in [-0.39, 0.29) is 50.6 Å². The van der Waals surface area contributed by atoms with Gasteiger partial charge in [0.05, 0.1) is 119 Å². The van der Waals surface area contributed by atoms with Gasteiger partial charge in [0.15, 0.2) is 0 Å². The van der Waals surface area contributed by atoms with E-state index in [0.29, 0.717) is 124 Å². The molecule has 0 aliphatic carbocycles. The fourth-order valence-electron chi connectivity index (χ4n) is 6.63. The smallest absolute Gasteiger partial charge is 0.323 e. The van der Waals surface area contributed by atoms with Gasteiger partial charge in [-0.15, -0.1) is 4.72 Å². The standard InChI is InChI=1S/C44H73ClN6O12S/c1-4-13-56-19-24-61-18-12-51(34-43(52)47-9-15-58-21-26-62-25-20-57-14-8-46)35-44(53)48-10-16-59-22-27-63-28-23-60-17-11-49-64(54,55)38-7-5-6-37(31-38)40-32-50(3)33-41-39(40)29-36(2)30-42(41)45/h5-7,29-31,40H,4,8-28,32-35,46H2,1-3H3,(H3-,47,48,49,52,53,54,55)/p+1/t40-/m0/s1. The Hall–Kier alpha value is -2.70. The third-order valence-corrected chi connectivity index (χ3v) is 11.5. The van der Waals surface area contributed by atoms with Crippen molar-refractivity contribution in [2.45, 2.75) is 37.6 Å². The summed E-state index contributed by atoms with van der Waals surface area (Å²) >= 11 is 6.61. The molecule has 6 N–H and O–H groups in total. The van der Waals surface area contributed by atoms with Crippen molar-refractivity contribution in [3.05, 3.63) is 63.7 Å². The first-order chi connectivity index (χ1) is 31.0.